The number of fused-ring (bicyclic) bond motifs is 1. The molecule has 86 valence electrons. The summed E-state index contributed by atoms with van der Waals surface area (Å²) in [7, 11) is 0. The van der Waals surface area contributed by atoms with E-state index in [1.54, 1.807) is 18.2 Å². The summed E-state index contributed by atoms with van der Waals surface area (Å²) in [5, 5.41) is 9.79. The molecule has 0 aliphatic heterocycles. The number of aromatic amines is 1. The molecule has 1 aromatic carbocycles. The molecule has 3 nitrogen and oxygen atoms in total. The van der Waals surface area contributed by atoms with Crippen LogP contribution in [0.1, 0.15) is 17.7 Å². The standard InChI is InChI=1S/C13H11ClN2O/c1-8-10(3-2-6-15)13(17)11-5-4-9(14)7-12(11)16-8/h4-5,7H,2-3H2,1H3,(H,16,17). The second-order valence-corrected chi connectivity index (χ2v) is 4.34. The van der Waals surface area contributed by atoms with E-state index in [2.05, 4.69) is 11.1 Å². The lowest BCUT2D eigenvalue weighted by Gasteiger charge is -2.06. The van der Waals surface area contributed by atoms with E-state index in [0.717, 1.165) is 11.2 Å². The molecule has 1 N–H and O–H groups in total. The van der Waals surface area contributed by atoms with Crippen molar-refractivity contribution in [1.29, 1.82) is 5.26 Å². The first kappa shape index (κ1) is 11.7. The molecule has 0 saturated carbocycles. The number of hydrogen-bond acceptors (Lipinski definition) is 2. The van der Waals surface area contributed by atoms with Gasteiger partial charge in [-0.25, -0.2) is 0 Å². The number of halogens is 1. The van der Waals surface area contributed by atoms with Crippen LogP contribution in [-0.4, -0.2) is 4.98 Å². The minimum atomic E-state index is -0.0110. The Labute approximate surface area is 104 Å². The second kappa shape index (κ2) is 4.60. The summed E-state index contributed by atoms with van der Waals surface area (Å²) in [5.74, 6) is 0. The number of H-pyrrole nitrogens is 1. The highest BCUT2D eigenvalue weighted by Crippen LogP contribution is 2.17. The minimum Gasteiger partial charge on any atom is -0.358 e. The number of pyridine rings is 1. The highest BCUT2D eigenvalue weighted by Gasteiger charge is 2.09. The highest BCUT2D eigenvalue weighted by atomic mass is 35.5. The zero-order chi connectivity index (χ0) is 12.4. The Morgan fingerprint density at radius 1 is 1.47 bits per heavy atom. The Bertz CT molecular complexity index is 667. The van der Waals surface area contributed by atoms with Gasteiger partial charge in [0.05, 0.1) is 11.6 Å². The maximum atomic E-state index is 12.2. The molecule has 0 aliphatic carbocycles. The summed E-state index contributed by atoms with van der Waals surface area (Å²) in [5.41, 5.74) is 2.21. The summed E-state index contributed by atoms with van der Waals surface area (Å²) in [6.07, 6.45) is 0.833. The first-order valence-corrected chi connectivity index (χ1v) is 5.69. The number of hydrogen-bond donors (Lipinski definition) is 1. The third-order valence-electron chi connectivity index (χ3n) is 2.76. The molecule has 0 radical (unpaired) electrons. The molecular formula is C13H11ClN2O. The van der Waals surface area contributed by atoms with Crippen LogP contribution in [-0.2, 0) is 6.42 Å². The number of nitriles is 1. The molecular weight excluding hydrogens is 236 g/mol. The van der Waals surface area contributed by atoms with Crippen LogP contribution in [0, 0.1) is 18.3 Å². The smallest absolute Gasteiger partial charge is 0.192 e. The topological polar surface area (TPSA) is 56.6 Å². The molecule has 0 fully saturated rings. The van der Waals surface area contributed by atoms with E-state index in [-0.39, 0.29) is 5.43 Å². The van der Waals surface area contributed by atoms with Gasteiger partial charge in [-0.2, -0.15) is 5.26 Å². The van der Waals surface area contributed by atoms with E-state index < -0.39 is 0 Å². The molecule has 17 heavy (non-hydrogen) atoms. The molecule has 1 heterocycles. The van der Waals surface area contributed by atoms with E-state index in [1.807, 2.05) is 6.92 Å². The van der Waals surface area contributed by atoms with Crippen molar-refractivity contribution in [2.24, 2.45) is 0 Å². The van der Waals surface area contributed by atoms with Gasteiger partial charge in [0, 0.05) is 28.1 Å². The fourth-order valence-electron chi connectivity index (χ4n) is 1.91. The molecule has 0 saturated heterocycles. The van der Waals surface area contributed by atoms with Gasteiger partial charge >= 0.3 is 0 Å². The SMILES string of the molecule is Cc1[nH]c2cc(Cl)ccc2c(=O)c1CCC#N. The average Bonchev–Trinajstić information content (AvgIpc) is 2.28. The quantitative estimate of drug-likeness (QED) is 0.886. The summed E-state index contributed by atoms with van der Waals surface area (Å²) in [6, 6.07) is 7.20. The Kier molecular flexibility index (Phi) is 3.16. The maximum absolute atomic E-state index is 12.2. The van der Waals surface area contributed by atoms with Crippen molar-refractivity contribution < 1.29 is 0 Å². The third-order valence-corrected chi connectivity index (χ3v) is 3.00. The summed E-state index contributed by atoms with van der Waals surface area (Å²) < 4.78 is 0. The largest absolute Gasteiger partial charge is 0.358 e. The molecule has 0 bridgehead atoms. The number of rotatable bonds is 2. The van der Waals surface area contributed by atoms with Crippen LogP contribution in [0.15, 0.2) is 23.0 Å². The van der Waals surface area contributed by atoms with Crippen LogP contribution in [0.3, 0.4) is 0 Å². The minimum absolute atomic E-state index is 0.0110. The number of aromatic nitrogens is 1. The molecule has 0 aliphatic rings. The van der Waals surface area contributed by atoms with Crippen LogP contribution in [0.5, 0.6) is 0 Å². The van der Waals surface area contributed by atoms with Crippen molar-refractivity contribution in [3.63, 3.8) is 0 Å². The van der Waals surface area contributed by atoms with Crippen LogP contribution in [0.2, 0.25) is 5.02 Å². The van der Waals surface area contributed by atoms with Crippen LogP contribution in [0.25, 0.3) is 10.9 Å². The number of aryl methyl sites for hydroxylation is 1. The molecule has 2 aromatic rings. The van der Waals surface area contributed by atoms with Crippen molar-refractivity contribution in [1.82, 2.24) is 4.98 Å². The number of benzene rings is 1. The van der Waals surface area contributed by atoms with Crippen molar-refractivity contribution in [2.75, 3.05) is 0 Å². The Morgan fingerprint density at radius 3 is 2.94 bits per heavy atom. The average molecular weight is 247 g/mol. The van der Waals surface area contributed by atoms with Gasteiger partial charge in [0.25, 0.3) is 0 Å². The van der Waals surface area contributed by atoms with Gasteiger partial charge < -0.3 is 4.98 Å². The zero-order valence-electron chi connectivity index (χ0n) is 9.38. The predicted octanol–water partition coefficient (Wildman–Crippen LogP) is 2.95. The molecule has 1 aromatic heterocycles. The summed E-state index contributed by atoms with van der Waals surface area (Å²) in [4.78, 5) is 15.3. The molecule has 0 unspecified atom stereocenters. The molecule has 4 heteroatoms. The zero-order valence-corrected chi connectivity index (χ0v) is 10.1. The second-order valence-electron chi connectivity index (χ2n) is 3.91. The van der Waals surface area contributed by atoms with E-state index in [4.69, 9.17) is 16.9 Å². The van der Waals surface area contributed by atoms with Crippen LogP contribution >= 0.6 is 11.6 Å². The summed E-state index contributed by atoms with van der Waals surface area (Å²) in [6.45, 7) is 1.84. The molecule has 0 atom stereocenters. The predicted molar refractivity (Wildman–Crippen MR) is 68.2 cm³/mol. The summed E-state index contributed by atoms with van der Waals surface area (Å²) >= 11 is 5.88. The van der Waals surface area contributed by atoms with E-state index >= 15 is 0 Å². The Balaban J connectivity index is 2.68. The fourth-order valence-corrected chi connectivity index (χ4v) is 2.08. The first-order valence-electron chi connectivity index (χ1n) is 5.31. The normalized spacial score (nSPS) is 10.4. The Hall–Kier alpha value is -1.79. The van der Waals surface area contributed by atoms with Gasteiger partial charge in [0.2, 0.25) is 0 Å². The molecule has 0 spiro atoms. The number of nitrogens with zero attached hydrogens (tertiary/aromatic N) is 1. The lowest BCUT2D eigenvalue weighted by molar-refractivity contribution is 0.967. The number of nitrogens with one attached hydrogen (secondary N) is 1. The van der Waals surface area contributed by atoms with Gasteiger partial charge in [0.1, 0.15) is 0 Å². The fraction of sp³-hybridized carbons (Fsp3) is 0.231. The first-order chi connectivity index (χ1) is 8.13. The van der Waals surface area contributed by atoms with Gasteiger partial charge in [-0.1, -0.05) is 11.6 Å². The van der Waals surface area contributed by atoms with Gasteiger partial charge in [0.15, 0.2) is 5.43 Å². The van der Waals surface area contributed by atoms with Crippen molar-refractivity contribution in [3.05, 3.63) is 44.7 Å². The van der Waals surface area contributed by atoms with E-state index in [1.165, 1.54) is 0 Å². The van der Waals surface area contributed by atoms with E-state index in [0.29, 0.717) is 28.8 Å². The highest BCUT2D eigenvalue weighted by molar-refractivity contribution is 6.31. The molecule has 0 amide bonds. The maximum Gasteiger partial charge on any atom is 0.192 e. The van der Waals surface area contributed by atoms with Crippen molar-refractivity contribution in [2.45, 2.75) is 19.8 Å². The van der Waals surface area contributed by atoms with E-state index in [9.17, 15) is 4.79 Å². The lowest BCUT2D eigenvalue weighted by atomic mass is 10.0. The van der Waals surface area contributed by atoms with Crippen molar-refractivity contribution >= 4 is 22.5 Å². The monoisotopic (exact) mass is 246 g/mol. The Morgan fingerprint density at radius 2 is 2.24 bits per heavy atom. The van der Waals surface area contributed by atoms with Crippen LogP contribution in [0.4, 0.5) is 0 Å². The van der Waals surface area contributed by atoms with Gasteiger partial charge in [-0.05, 0) is 31.5 Å². The van der Waals surface area contributed by atoms with Crippen LogP contribution < -0.4 is 5.43 Å². The third kappa shape index (κ3) is 2.17. The molecule has 2 rings (SSSR count). The van der Waals surface area contributed by atoms with Gasteiger partial charge in [-0.3, -0.25) is 4.79 Å². The lowest BCUT2D eigenvalue weighted by Crippen LogP contribution is -2.13. The van der Waals surface area contributed by atoms with Gasteiger partial charge in [-0.15, -0.1) is 0 Å². The van der Waals surface area contributed by atoms with Crippen molar-refractivity contribution in [3.8, 4) is 6.07 Å².